The molecule has 3 nitrogen and oxygen atoms in total. The SMILES string of the molecule is CCC(NC)c1nnc(-c2ccsc2)s1. The lowest BCUT2D eigenvalue weighted by atomic mass is 10.2. The summed E-state index contributed by atoms with van der Waals surface area (Å²) in [6, 6.07) is 2.41. The summed E-state index contributed by atoms with van der Waals surface area (Å²) in [4.78, 5) is 0. The molecule has 5 heteroatoms. The van der Waals surface area contributed by atoms with Crippen molar-refractivity contribution >= 4 is 22.7 Å². The van der Waals surface area contributed by atoms with Gasteiger partial charge >= 0.3 is 0 Å². The van der Waals surface area contributed by atoms with Gasteiger partial charge in [0.25, 0.3) is 0 Å². The van der Waals surface area contributed by atoms with Crippen molar-refractivity contribution in [2.24, 2.45) is 0 Å². The van der Waals surface area contributed by atoms with Crippen molar-refractivity contribution in [3.05, 3.63) is 21.8 Å². The monoisotopic (exact) mass is 239 g/mol. The van der Waals surface area contributed by atoms with Gasteiger partial charge in [0.1, 0.15) is 10.0 Å². The molecule has 1 atom stereocenters. The number of aromatic nitrogens is 2. The Morgan fingerprint density at radius 3 is 2.93 bits per heavy atom. The quantitative estimate of drug-likeness (QED) is 0.891. The highest BCUT2D eigenvalue weighted by molar-refractivity contribution is 7.15. The Hall–Kier alpha value is -0.780. The average Bonchev–Trinajstić information content (AvgIpc) is 2.89. The second kappa shape index (κ2) is 4.83. The lowest BCUT2D eigenvalue weighted by molar-refractivity contribution is 0.568. The van der Waals surface area contributed by atoms with Crippen LogP contribution >= 0.6 is 22.7 Å². The maximum absolute atomic E-state index is 4.22. The topological polar surface area (TPSA) is 37.8 Å². The molecule has 2 heterocycles. The van der Waals surface area contributed by atoms with E-state index in [0.717, 1.165) is 16.4 Å². The summed E-state index contributed by atoms with van der Waals surface area (Å²) >= 11 is 3.36. The Kier molecular flexibility index (Phi) is 3.45. The van der Waals surface area contributed by atoms with E-state index in [9.17, 15) is 0 Å². The molecule has 1 N–H and O–H groups in total. The van der Waals surface area contributed by atoms with Crippen molar-refractivity contribution in [1.82, 2.24) is 15.5 Å². The fourth-order valence-corrected chi connectivity index (χ4v) is 3.13. The number of hydrogen-bond donors (Lipinski definition) is 1. The number of hydrogen-bond acceptors (Lipinski definition) is 5. The summed E-state index contributed by atoms with van der Waals surface area (Å²) in [5.74, 6) is 0. The van der Waals surface area contributed by atoms with E-state index in [0.29, 0.717) is 6.04 Å². The Bertz CT molecular complexity index is 404. The van der Waals surface area contributed by atoms with Gasteiger partial charge in [0.05, 0.1) is 6.04 Å². The molecule has 0 aliphatic heterocycles. The van der Waals surface area contributed by atoms with Gasteiger partial charge in [-0.05, 0) is 24.9 Å². The molecule has 0 aliphatic rings. The van der Waals surface area contributed by atoms with Gasteiger partial charge in [-0.15, -0.1) is 10.2 Å². The fourth-order valence-electron chi connectivity index (χ4n) is 1.38. The molecule has 0 aliphatic carbocycles. The van der Waals surface area contributed by atoms with Crippen LogP contribution in [0, 0.1) is 0 Å². The van der Waals surface area contributed by atoms with Crippen LogP contribution in [0.3, 0.4) is 0 Å². The largest absolute Gasteiger partial charge is 0.311 e. The first kappa shape index (κ1) is 10.7. The zero-order chi connectivity index (χ0) is 10.7. The Balaban J connectivity index is 2.24. The van der Waals surface area contributed by atoms with Crippen LogP contribution in [-0.4, -0.2) is 17.2 Å². The van der Waals surface area contributed by atoms with Crippen LogP contribution in [0.4, 0.5) is 0 Å². The predicted molar refractivity (Wildman–Crippen MR) is 65.3 cm³/mol. The van der Waals surface area contributed by atoms with E-state index in [2.05, 4.69) is 39.3 Å². The summed E-state index contributed by atoms with van der Waals surface area (Å²) in [5.41, 5.74) is 1.18. The molecule has 0 spiro atoms. The third-order valence-corrected chi connectivity index (χ3v) is 4.03. The molecule has 0 fully saturated rings. The second-order valence-corrected chi connectivity index (χ2v) is 5.00. The summed E-state index contributed by atoms with van der Waals surface area (Å²) in [5, 5.41) is 17.9. The van der Waals surface area contributed by atoms with Crippen LogP contribution in [0.1, 0.15) is 24.4 Å². The summed E-state index contributed by atoms with van der Waals surface area (Å²) < 4.78 is 0. The van der Waals surface area contributed by atoms with Crippen molar-refractivity contribution < 1.29 is 0 Å². The van der Waals surface area contributed by atoms with E-state index >= 15 is 0 Å². The molecule has 2 aromatic heterocycles. The van der Waals surface area contributed by atoms with Gasteiger partial charge in [-0.1, -0.05) is 18.3 Å². The molecule has 2 rings (SSSR count). The third-order valence-electron chi connectivity index (χ3n) is 2.26. The van der Waals surface area contributed by atoms with Gasteiger partial charge in [0, 0.05) is 10.9 Å². The minimum atomic E-state index is 0.329. The number of thiophene rings is 1. The molecule has 1 unspecified atom stereocenters. The Morgan fingerprint density at radius 1 is 1.47 bits per heavy atom. The lowest BCUT2D eigenvalue weighted by Crippen LogP contribution is -2.14. The summed E-state index contributed by atoms with van der Waals surface area (Å²) in [6.45, 7) is 2.15. The first-order valence-electron chi connectivity index (χ1n) is 4.88. The third kappa shape index (κ3) is 2.25. The van der Waals surface area contributed by atoms with E-state index in [4.69, 9.17) is 0 Å². The molecule has 0 aromatic carbocycles. The predicted octanol–water partition coefficient (Wildman–Crippen LogP) is 2.94. The van der Waals surface area contributed by atoms with Crippen LogP contribution < -0.4 is 5.32 Å². The Labute approximate surface area is 97.2 Å². The van der Waals surface area contributed by atoms with Crippen LogP contribution in [0.15, 0.2) is 16.8 Å². The summed E-state index contributed by atoms with van der Waals surface area (Å²) in [6.07, 6.45) is 1.04. The molecule has 0 saturated carbocycles. The van der Waals surface area contributed by atoms with Gasteiger partial charge in [0.2, 0.25) is 0 Å². The molecule has 0 bridgehead atoms. The van der Waals surface area contributed by atoms with Crippen molar-refractivity contribution in [1.29, 1.82) is 0 Å². The van der Waals surface area contributed by atoms with E-state index < -0.39 is 0 Å². The first-order chi connectivity index (χ1) is 7.35. The standard InChI is InChI=1S/C10H13N3S2/c1-3-8(11-2)10-13-12-9(15-10)7-4-5-14-6-7/h4-6,8,11H,3H2,1-2H3. The number of nitrogens with one attached hydrogen (secondary N) is 1. The zero-order valence-corrected chi connectivity index (χ0v) is 10.4. The summed E-state index contributed by atoms with van der Waals surface area (Å²) in [7, 11) is 1.96. The van der Waals surface area contributed by atoms with Gasteiger partial charge in [-0.2, -0.15) is 11.3 Å². The number of nitrogens with zero attached hydrogens (tertiary/aromatic N) is 2. The highest BCUT2D eigenvalue weighted by Crippen LogP contribution is 2.28. The second-order valence-electron chi connectivity index (χ2n) is 3.21. The van der Waals surface area contributed by atoms with Crippen molar-refractivity contribution in [3.8, 4) is 10.6 Å². The van der Waals surface area contributed by atoms with Crippen molar-refractivity contribution in [2.75, 3.05) is 7.05 Å². The molecule has 0 saturated heterocycles. The van der Waals surface area contributed by atoms with E-state index in [-0.39, 0.29) is 0 Å². The van der Waals surface area contributed by atoms with Crippen LogP contribution in [0.2, 0.25) is 0 Å². The minimum absolute atomic E-state index is 0.329. The maximum atomic E-state index is 4.22. The molecule has 15 heavy (non-hydrogen) atoms. The smallest absolute Gasteiger partial charge is 0.148 e. The fraction of sp³-hybridized carbons (Fsp3) is 0.400. The van der Waals surface area contributed by atoms with Crippen molar-refractivity contribution in [2.45, 2.75) is 19.4 Å². The molecule has 2 aromatic rings. The first-order valence-corrected chi connectivity index (χ1v) is 6.64. The molecule has 0 amide bonds. The molecular formula is C10H13N3S2. The van der Waals surface area contributed by atoms with Gasteiger partial charge in [-0.25, -0.2) is 0 Å². The average molecular weight is 239 g/mol. The van der Waals surface area contributed by atoms with E-state index in [1.165, 1.54) is 5.56 Å². The lowest BCUT2D eigenvalue weighted by Gasteiger charge is -2.07. The van der Waals surface area contributed by atoms with Crippen molar-refractivity contribution in [3.63, 3.8) is 0 Å². The Morgan fingerprint density at radius 2 is 2.33 bits per heavy atom. The van der Waals surface area contributed by atoms with E-state index in [1.54, 1.807) is 22.7 Å². The highest BCUT2D eigenvalue weighted by Gasteiger charge is 2.13. The van der Waals surface area contributed by atoms with E-state index in [1.807, 2.05) is 7.05 Å². The van der Waals surface area contributed by atoms with Crippen LogP contribution in [-0.2, 0) is 0 Å². The zero-order valence-electron chi connectivity index (χ0n) is 8.73. The highest BCUT2D eigenvalue weighted by atomic mass is 32.1. The van der Waals surface area contributed by atoms with Gasteiger partial charge in [0.15, 0.2) is 0 Å². The number of rotatable bonds is 4. The molecule has 80 valence electrons. The van der Waals surface area contributed by atoms with Crippen LogP contribution in [0.25, 0.3) is 10.6 Å². The molecule has 0 radical (unpaired) electrons. The van der Waals surface area contributed by atoms with Crippen LogP contribution in [0.5, 0.6) is 0 Å². The van der Waals surface area contributed by atoms with Gasteiger partial charge < -0.3 is 5.32 Å². The normalized spacial score (nSPS) is 12.9. The maximum Gasteiger partial charge on any atom is 0.148 e. The molecular weight excluding hydrogens is 226 g/mol. The van der Waals surface area contributed by atoms with Gasteiger partial charge in [-0.3, -0.25) is 0 Å². The minimum Gasteiger partial charge on any atom is -0.311 e.